The average molecular weight is 205 g/mol. The summed E-state index contributed by atoms with van der Waals surface area (Å²) in [5.74, 6) is -0.567. The zero-order valence-electron chi connectivity index (χ0n) is 8.66. The summed E-state index contributed by atoms with van der Waals surface area (Å²) < 4.78 is 5.24. The third-order valence-electron chi connectivity index (χ3n) is 2.71. The highest BCUT2D eigenvalue weighted by atomic mass is 16.5. The minimum atomic E-state index is -1.18. The van der Waals surface area contributed by atoms with Crippen molar-refractivity contribution in [2.24, 2.45) is 0 Å². The number of ether oxygens (including phenoxy) is 1. The Morgan fingerprint density at radius 1 is 1.40 bits per heavy atom. The fraction of sp³-hybridized carbons (Fsp3) is 0.417. The summed E-state index contributed by atoms with van der Waals surface area (Å²) in [4.78, 5) is 10.5. The number of carboxylic acids is 1. The number of carbonyl (C=O) groups excluding carboxylic acids is 1. The number of rotatable bonds is 3. The van der Waals surface area contributed by atoms with Gasteiger partial charge in [-0.05, 0) is 49.4 Å². The second-order valence-electron chi connectivity index (χ2n) is 3.86. The Bertz CT molecular complexity index is 384. The predicted octanol–water partition coefficient (Wildman–Crippen LogP) is 0.692. The third kappa shape index (κ3) is 2.12. The first-order valence-electron chi connectivity index (χ1n) is 5.16. The normalized spacial score (nSPS) is 15.8. The van der Waals surface area contributed by atoms with Crippen LogP contribution in [0, 0.1) is 0 Å². The first-order valence-corrected chi connectivity index (χ1v) is 5.16. The second-order valence-corrected chi connectivity index (χ2v) is 3.86. The van der Waals surface area contributed by atoms with Gasteiger partial charge in [0.2, 0.25) is 0 Å². The van der Waals surface area contributed by atoms with Crippen molar-refractivity contribution in [1.82, 2.24) is 0 Å². The van der Waals surface area contributed by atoms with Crippen LogP contribution < -0.4 is 9.84 Å². The molecule has 0 heterocycles. The van der Waals surface area contributed by atoms with E-state index in [4.69, 9.17) is 4.74 Å². The maximum Gasteiger partial charge on any atom is 0.135 e. The fourth-order valence-electron chi connectivity index (χ4n) is 1.87. The summed E-state index contributed by atoms with van der Waals surface area (Å²) in [7, 11) is 0. The molecule has 1 aromatic rings. The molecule has 1 aliphatic rings. The lowest BCUT2D eigenvalue weighted by molar-refractivity contribution is -0.312. The van der Waals surface area contributed by atoms with Crippen molar-refractivity contribution in [1.29, 1.82) is 0 Å². The first-order chi connectivity index (χ1) is 7.16. The van der Waals surface area contributed by atoms with Gasteiger partial charge in [-0.2, -0.15) is 0 Å². The molecule has 0 aliphatic heterocycles. The molecular formula is C12H13O3-. The number of hydrogen-bond donors (Lipinski definition) is 0. The second kappa shape index (κ2) is 3.93. The molecule has 0 amide bonds. The Balaban J connectivity index is 2.13. The SMILES string of the molecule is C[C@H](Oc1ccc2c(c1)CCC2)C(=O)[O-]. The molecular weight excluding hydrogens is 192 g/mol. The van der Waals surface area contributed by atoms with Crippen LogP contribution in [0.25, 0.3) is 0 Å². The maximum atomic E-state index is 10.5. The summed E-state index contributed by atoms with van der Waals surface area (Å²) in [6, 6.07) is 5.77. The highest BCUT2D eigenvalue weighted by molar-refractivity contribution is 5.69. The number of carbonyl (C=O) groups is 1. The molecule has 0 N–H and O–H groups in total. The van der Waals surface area contributed by atoms with E-state index in [0.717, 1.165) is 12.8 Å². The number of fused-ring (bicyclic) bond motifs is 1. The van der Waals surface area contributed by atoms with E-state index in [1.54, 1.807) is 0 Å². The molecule has 15 heavy (non-hydrogen) atoms. The average Bonchev–Trinajstić information content (AvgIpc) is 2.64. The van der Waals surface area contributed by atoms with Crippen LogP contribution >= 0.6 is 0 Å². The van der Waals surface area contributed by atoms with Crippen molar-refractivity contribution in [2.45, 2.75) is 32.3 Å². The van der Waals surface area contributed by atoms with E-state index in [2.05, 4.69) is 0 Å². The molecule has 0 saturated carbocycles. The number of carboxylic acid groups (broad SMARTS) is 1. The molecule has 3 nitrogen and oxygen atoms in total. The van der Waals surface area contributed by atoms with Gasteiger partial charge in [-0.15, -0.1) is 0 Å². The lowest BCUT2D eigenvalue weighted by Crippen LogP contribution is -2.37. The molecule has 0 fully saturated rings. The number of aliphatic carboxylic acids is 1. The summed E-state index contributed by atoms with van der Waals surface area (Å²) >= 11 is 0. The lowest BCUT2D eigenvalue weighted by atomic mass is 10.1. The number of hydrogen-bond acceptors (Lipinski definition) is 3. The monoisotopic (exact) mass is 205 g/mol. The van der Waals surface area contributed by atoms with Crippen LogP contribution in [0.15, 0.2) is 18.2 Å². The molecule has 0 radical (unpaired) electrons. The lowest BCUT2D eigenvalue weighted by Gasteiger charge is -2.15. The van der Waals surface area contributed by atoms with Gasteiger partial charge in [-0.25, -0.2) is 0 Å². The molecule has 80 valence electrons. The largest absolute Gasteiger partial charge is 0.546 e. The summed E-state index contributed by atoms with van der Waals surface area (Å²) in [5, 5.41) is 10.5. The van der Waals surface area contributed by atoms with Crippen LogP contribution in [0.4, 0.5) is 0 Å². The van der Waals surface area contributed by atoms with Crippen LogP contribution in [0.2, 0.25) is 0 Å². The van der Waals surface area contributed by atoms with Crippen LogP contribution in [0.3, 0.4) is 0 Å². The van der Waals surface area contributed by atoms with Crippen molar-refractivity contribution < 1.29 is 14.6 Å². The van der Waals surface area contributed by atoms with Gasteiger partial charge in [-0.1, -0.05) is 6.07 Å². The Kier molecular flexibility index (Phi) is 2.62. The smallest absolute Gasteiger partial charge is 0.135 e. The zero-order valence-corrected chi connectivity index (χ0v) is 8.66. The van der Waals surface area contributed by atoms with Gasteiger partial charge in [0.05, 0.1) is 5.97 Å². The van der Waals surface area contributed by atoms with Gasteiger partial charge in [0.1, 0.15) is 11.9 Å². The van der Waals surface area contributed by atoms with E-state index in [-0.39, 0.29) is 0 Å². The van der Waals surface area contributed by atoms with E-state index in [1.807, 2.05) is 18.2 Å². The molecule has 1 atom stereocenters. The molecule has 0 bridgehead atoms. The maximum absolute atomic E-state index is 10.5. The first kappa shape index (κ1) is 10.0. The summed E-state index contributed by atoms with van der Waals surface area (Å²) in [6.45, 7) is 1.47. The predicted molar refractivity (Wildman–Crippen MR) is 53.6 cm³/mol. The van der Waals surface area contributed by atoms with Gasteiger partial charge < -0.3 is 14.6 Å². The van der Waals surface area contributed by atoms with Gasteiger partial charge in [0, 0.05) is 0 Å². The minimum Gasteiger partial charge on any atom is -0.546 e. The van der Waals surface area contributed by atoms with E-state index < -0.39 is 12.1 Å². The van der Waals surface area contributed by atoms with Gasteiger partial charge in [0.25, 0.3) is 0 Å². The van der Waals surface area contributed by atoms with E-state index >= 15 is 0 Å². The Hall–Kier alpha value is -1.51. The quantitative estimate of drug-likeness (QED) is 0.729. The highest BCUT2D eigenvalue weighted by Crippen LogP contribution is 2.26. The van der Waals surface area contributed by atoms with Crippen LogP contribution in [0.5, 0.6) is 5.75 Å². The standard InChI is InChI=1S/C12H14O3/c1-8(12(13)14)15-11-6-5-9-3-2-4-10(9)7-11/h5-8H,2-4H2,1H3,(H,13,14)/p-1/t8-/m0/s1. The molecule has 0 spiro atoms. The molecule has 0 saturated heterocycles. The van der Waals surface area contributed by atoms with Crippen molar-refractivity contribution >= 4 is 5.97 Å². The fourth-order valence-corrected chi connectivity index (χ4v) is 1.87. The van der Waals surface area contributed by atoms with Gasteiger partial charge in [0.15, 0.2) is 0 Å². The van der Waals surface area contributed by atoms with Crippen molar-refractivity contribution in [3.63, 3.8) is 0 Å². The van der Waals surface area contributed by atoms with Crippen molar-refractivity contribution in [2.75, 3.05) is 0 Å². The van der Waals surface area contributed by atoms with E-state index in [0.29, 0.717) is 5.75 Å². The Labute approximate surface area is 88.7 Å². The summed E-state index contributed by atoms with van der Waals surface area (Å²) in [5.41, 5.74) is 2.63. The van der Waals surface area contributed by atoms with Crippen LogP contribution in [-0.2, 0) is 17.6 Å². The Morgan fingerprint density at radius 3 is 2.87 bits per heavy atom. The van der Waals surface area contributed by atoms with Crippen molar-refractivity contribution in [3.8, 4) is 5.75 Å². The Morgan fingerprint density at radius 2 is 2.13 bits per heavy atom. The molecule has 1 aromatic carbocycles. The number of benzene rings is 1. The topological polar surface area (TPSA) is 49.4 Å². The molecule has 1 aliphatic carbocycles. The van der Waals surface area contributed by atoms with E-state index in [1.165, 1.54) is 24.5 Å². The molecule has 0 aromatic heterocycles. The minimum absolute atomic E-state index is 0.618. The van der Waals surface area contributed by atoms with E-state index in [9.17, 15) is 9.90 Å². The summed E-state index contributed by atoms with van der Waals surface area (Å²) in [6.07, 6.45) is 2.46. The number of aryl methyl sites for hydroxylation is 2. The zero-order chi connectivity index (χ0) is 10.8. The van der Waals surface area contributed by atoms with Crippen LogP contribution in [-0.4, -0.2) is 12.1 Å². The molecule has 0 unspecified atom stereocenters. The molecule has 3 heteroatoms. The highest BCUT2D eigenvalue weighted by Gasteiger charge is 2.12. The van der Waals surface area contributed by atoms with Crippen molar-refractivity contribution in [3.05, 3.63) is 29.3 Å². The third-order valence-corrected chi connectivity index (χ3v) is 2.71. The van der Waals surface area contributed by atoms with Gasteiger partial charge >= 0.3 is 0 Å². The van der Waals surface area contributed by atoms with Crippen LogP contribution in [0.1, 0.15) is 24.5 Å². The molecule has 2 rings (SSSR count). The van der Waals surface area contributed by atoms with Gasteiger partial charge in [-0.3, -0.25) is 0 Å².